The van der Waals surface area contributed by atoms with Gasteiger partial charge in [-0.1, -0.05) is 30.7 Å². The van der Waals surface area contributed by atoms with Gasteiger partial charge in [0.2, 0.25) is 0 Å². The smallest absolute Gasteiger partial charge is 0.122 e. The minimum atomic E-state index is -0.863. The van der Waals surface area contributed by atoms with Gasteiger partial charge in [0.15, 0.2) is 0 Å². The van der Waals surface area contributed by atoms with Gasteiger partial charge in [-0.3, -0.25) is 0 Å². The van der Waals surface area contributed by atoms with Gasteiger partial charge in [-0.25, -0.2) is 4.39 Å². The van der Waals surface area contributed by atoms with Crippen LogP contribution in [0.3, 0.4) is 0 Å². The lowest BCUT2D eigenvalue weighted by atomic mass is 9.96. The van der Waals surface area contributed by atoms with Crippen LogP contribution in [0.15, 0.2) is 24.3 Å². The third-order valence-electron chi connectivity index (χ3n) is 3.11. The van der Waals surface area contributed by atoms with Crippen molar-refractivity contribution >= 4 is 0 Å². The molecule has 2 unspecified atom stereocenters. The Morgan fingerprint density at radius 3 is 2.53 bits per heavy atom. The van der Waals surface area contributed by atoms with Gasteiger partial charge in [-0.2, -0.15) is 0 Å². The van der Waals surface area contributed by atoms with Crippen LogP contribution >= 0.6 is 0 Å². The molecule has 1 aliphatic rings. The number of hydrogen-bond acceptors (Lipinski definition) is 1. The molecule has 2 rings (SSSR count). The Bertz CT molecular complexity index is 299. The van der Waals surface area contributed by atoms with E-state index in [9.17, 15) is 4.39 Å². The molecule has 2 heteroatoms. The fraction of sp³-hybridized carbons (Fsp3) is 0.538. The molecule has 0 spiro atoms. The SMILES string of the molecule is CC(F)c1ccc(C2CCCCN2)cc1. The Kier molecular flexibility index (Phi) is 3.37. The summed E-state index contributed by atoms with van der Waals surface area (Å²) in [5.74, 6) is 0. The van der Waals surface area contributed by atoms with Crippen molar-refractivity contribution in [3.63, 3.8) is 0 Å². The van der Waals surface area contributed by atoms with Gasteiger partial charge >= 0.3 is 0 Å². The van der Waals surface area contributed by atoms with Crippen LogP contribution in [0.25, 0.3) is 0 Å². The molecule has 1 aliphatic heterocycles. The zero-order valence-corrected chi connectivity index (χ0v) is 9.17. The Balaban J connectivity index is 2.08. The number of hydrogen-bond donors (Lipinski definition) is 1. The van der Waals surface area contributed by atoms with Crippen molar-refractivity contribution in [2.45, 2.75) is 38.4 Å². The third kappa shape index (κ3) is 2.57. The molecule has 1 aromatic carbocycles. The molecule has 1 N–H and O–H groups in total. The number of rotatable bonds is 2. The summed E-state index contributed by atoms with van der Waals surface area (Å²) >= 11 is 0. The summed E-state index contributed by atoms with van der Waals surface area (Å²) in [5.41, 5.74) is 2.06. The van der Waals surface area contributed by atoms with Crippen molar-refractivity contribution < 1.29 is 4.39 Å². The second-order valence-corrected chi connectivity index (χ2v) is 4.29. The highest BCUT2D eigenvalue weighted by molar-refractivity contribution is 5.26. The molecule has 0 radical (unpaired) electrons. The average molecular weight is 207 g/mol. The maximum absolute atomic E-state index is 13.0. The van der Waals surface area contributed by atoms with Crippen molar-refractivity contribution in [1.82, 2.24) is 5.32 Å². The van der Waals surface area contributed by atoms with Gasteiger partial charge in [-0.05, 0) is 37.4 Å². The Labute approximate surface area is 90.7 Å². The molecule has 2 atom stereocenters. The standard InChI is InChI=1S/C13H18FN/c1-10(14)11-5-7-12(8-6-11)13-4-2-3-9-15-13/h5-8,10,13,15H,2-4,9H2,1H3. The average Bonchev–Trinajstić information content (AvgIpc) is 2.30. The zero-order chi connectivity index (χ0) is 10.7. The third-order valence-corrected chi connectivity index (χ3v) is 3.11. The molecular weight excluding hydrogens is 189 g/mol. The molecule has 1 aromatic rings. The Morgan fingerprint density at radius 2 is 2.00 bits per heavy atom. The van der Waals surface area contributed by atoms with Crippen LogP contribution in [0, 0.1) is 0 Å². The van der Waals surface area contributed by atoms with Crippen LogP contribution in [0.5, 0.6) is 0 Å². The maximum Gasteiger partial charge on any atom is 0.122 e. The molecule has 0 bridgehead atoms. The number of alkyl halides is 1. The summed E-state index contributed by atoms with van der Waals surface area (Å²) in [6.07, 6.45) is 2.90. The van der Waals surface area contributed by atoms with Gasteiger partial charge < -0.3 is 5.32 Å². The summed E-state index contributed by atoms with van der Waals surface area (Å²) < 4.78 is 13.0. The van der Waals surface area contributed by atoms with E-state index in [-0.39, 0.29) is 0 Å². The monoisotopic (exact) mass is 207 g/mol. The quantitative estimate of drug-likeness (QED) is 0.782. The van der Waals surface area contributed by atoms with Crippen molar-refractivity contribution in [3.05, 3.63) is 35.4 Å². The van der Waals surface area contributed by atoms with E-state index in [1.807, 2.05) is 12.1 Å². The molecule has 1 saturated heterocycles. The van der Waals surface area contributed by atoms with Crippen LogP contribution in [0.1, 0.15) is 49.5 Å². The van der Waals surface area contributed by atoms with E-state index in [0.717, 1.165) is 12.1 Å². The zero-order valence-electron chi connectivity index (χ0n) is 9.17. The van der Waals surface area contributed by atoms with Gasteiger partial charge in [0.1, 0.15) is 6.17 Å². The second-order valence-electron chi connectivity index (χ2n) is 4.29. The maximum atomic E-state index is 13.0. The van der Waals surface area contributed by atoms with E-state index >= 15 is 0 Å². The molecule has 1 heterocycles. The number of halogens is 1. The van der Waals surface area contributed by atoms with Crippen LogP contribution < -0.4 is 5.32 Å². The van der Waals surface area contributed by atoms with E-state index in [0.29, 0.717) is 6.04 Å². The van der Waals surface area contributed by atoms with Crippen molar-refractivity contribution in [2.24, 2.45) is 0 Å². The minimum Gasteiger partial charge on any atom is -0.310 e. The number of piperidine rings is 1. The summed E-state index contributed by atoms with van der Waals surface area (Å²) in [6.45, 7) is 2.68. The minimum absolute atomic E-state index is 0.475. The highest BCUT2D eigenvalue weighted by Crippen LogP contribution is 2.24. The lowest BCUT2D eigenvalue weighted by Crippen LogP contribution is -2.26. The van der Waals surface area contributed by atoms with Crippen LogP contribution in [-0.4, -0.2) is 6.54 Å². The number of benzene rings is 1. The van der Waals surface area contributed by atoms with E-state index in [4.69, 9.17) is 0 Å². The highest BCUT2D eigenvalue weighted by atomic mass is 19.1. The lowest BCUT2D eigenvalue weighted by Gasteiger charge is -2.24. The van der Waals surface area contributed by atoms with Crippen molar-refractivity contribution in [3.8, 4) is 0 Å². The summed E-state index contributed by atoms with van der Waals surface area (Å²) in [6, 6.07) is 8.37. The molecule has 1 fully saturated rings. The highest BCUT2D eigenvalue weighted by Gasteiger charge is 2.14. The first-order valence-electron chi connectivity index (χ1n) is 5.74. The fourth-order valence-corrected chi connectivity index (χ4v) is 2.13. The van der Waals surface area contributed by atoms with E-state index < -0.39 is 6.17 Å². The summed E-state index contributed by atoms with van der Waals surface area (Å²) in [5, 5.41) is 3.49. The molecule has 1 nitrogen and oxygen atoms in total. The predicted octanol–water partition coefficient (Wildman–Crippen LogP) is 3.53. The van der Waals surface area contributed by atoms with E-state index in [2.05, 4.69) is 17.4 Å². The lowest BCUT2D eigenvalue weighted by molar-refractivity contribution is 0.373. The Hall–Kier alpha value is -0.890. The largest absolute Gasteiger partial charge is 0.310 e. The molecule has 15 heavy (non-hydrogen) atoms. The van der Waals surface area contributed by atoms with Gasteiger partial charge in [0, 0.05) is 6.04 Å². The van der Waals surface area contributed by atoms with Crippen molar-refractivity contribution in [2.75, 3.05) is 6.54 Å². The van der Waals surface area contributed by atoms with Crippen LogP contribution in [0.4, 0.5) is 4.39 Å². The summed E-state index contributed by atoms with van der Waals surface area (Å²) in [7, 11) is 0. The first-order valence-corrected chi connectivity index (χ1v) is 5.74. The first-order chi connectivity index (χ1) is 7.27. The fourth-order valence-electron chi connectivity index (χ4n) is 2.13. The molecule has 0 saturated carbocycles. The predicted molar refractivity (Wildman–Crippen MR) is 60.6 cm³/mol. The normalized spacial score (nSPS) is 23.7. The molecular formula is C13H18FN. The van der Waals surface area contributed by atoms with Crippen molar-refractivity contribution in [1.29, 1.82) is 0 Å². The molecule has 0 amide bonds. The van der Waals surface area contributed by atoms with E-state index in [1.165, 1.54) is 24.8 Å². The van der Waals surface area contributed by atoms with Gasteiger partial charge in [-0.15, -0.1) is 0 Å². The van der Waals surface area contributed by atoms with Gasteiger partial charge in [0.05, 0.1) is 0 Å². The summed E-state index contributed by atoms with van der Waals surface area (Å²) in [4.78, 5) is 0. The van der Waals surface area contributed by atoms with Gasteiger partial charge in [0.25, 0.3) is 0 Å². The van der Waals surface area contributed by atoms with E-state index in [1.54, 1.807) is 6.92 Å². The second kappa shape index (κ2) is 4.75. The molecule has 0 aliphatic carbocycles. The molecule has 0 aromatic heterocycles. The molecule has 82 valence electrons. The number of nitrogens with one attached hydrogen (secondary N) is 1. The topological polar surface area (TPSA) is 12.0 Å². The first kappa shape index (κ1) is 10.6. The van der Waals surface area contributed by atoms with Crippen LogP contribution in [-0.2, 0) is 0 Å². The van der Waals surface area contributed by atoms with Crippen LogP contribution in [0.2, 0.25) is 0 Å². The Morgan fingerprint density at radius 1 is 1.27 bits per heavy atom.